The van der Waals surface area contributed by atoms with Crippen LogP contribution in [0.25, 0.3) is 0 Å². The normalized spacial score (nSPS) is 13.8. The van der Waals surface area contributed by atoms with E-state index in [0.717, 1.165) is 28.0 Å². The van der Waals surface area contributed by atoms with Gasteiger partial charge < -0.3 is 5.11 Å². The Morgan fingerprint density at radius 3 is 2.88 bits per heavy atom. The molecule has 0 atom stereocenters. The van der Waals surface area contributed by atoms with E-state index in [0.29, 0.717) is 16.1 Å². The van der Waals surface area contributed by atoms with E-state index in [2.05, 4.69) is 15.5 Å². The van der Waals surface area contributed by atoms with Gasteiger partial charge in [-0.2, -0.15) is 5.10 Å². The van der Waals surface area contributed by atoms with Crippen LogP contribution in [0.2, 0.25) is 5.02 Å². The second kappa shape index (κ2) is 9.12. The molecule has 1 heterocycles. The average molecular weight is 406 g/mol. The predicted octanol–water partition coefficient (Wildman–Crippen LogP) is 4.15. The molecular formula is C18H16ClN3O2S2. The molecule has 1 aliphatic rings. The van der Waals surface area contributed by atoms with Crippen LogP contribution in [-0.4, -0.2) is 33.9 Å². The maximum Gasteiger partial charge on any atom is 0.271 e. The first kappa shape index (κ1) is 18.8. The third-order valence-electron chi connectivity index (χ3n) is 3.50. The molecule has 2 N–H and O–H groups in total. The summed E-state index contributed by atoms with van der Waals surface area (Å²) in [7, 11) is 0. The molecule has 26 heavy (non-hydrogen) atoms. The number of hydrogen-bond acceptors (Lipinski definition) is 6. The van der Waals surface area contributed by atoms with Crippen LogP contribution in [0.4, 0.5) is 0 Å². The Hall–Kier alpha value is -1.96. The number of aromatic hydroxyl groups is 1. The van der Waals surface area contributed by atoms with Crippen molar-refractivity contribution >= 4 is 51.6 Å². The van der Waals surface area contributed by atoms with Crippen molar-refractivity contribution in [3.05, 3.63) is 64.2 Å². The minimum absolute atomic E-state index is 0.0410. The number of carbonyl (C=O) groups excluding carboxylic acids is 1. The van der Waals surface area contributed by atoms with Gasteiger partial charge in [-0.25, -0.2) is 5.43 Å². The highest BCUT2D eigenvalue weighted by molar-refractivity contribution is 8.38. The smallest absolute Gasteiger partial charge is 0.271 e. The summed E-state index contributed by atoms with van der Waals surface area (Å²) in [6.45, 7) is 0.902. The Labute approximate surface area is 164 Å². The maximum atomic E-state index is 12.1. The number of rotatable bonds is 5. The van der Waals surface area contributed by atoms with Gasteiger partial charge in [0.05, 0.1) is 12.8 Å². The van der Waals surface area contributed by atoms with Crippen LogP contribution in [0.3, 0.4) is 0 Å². The van der Waals surface area contributed by atoms with Crippen LogP contribution in [0, 0.1) is 0 Å². The first-order chi connectivity index (χ1) is 12.6. The van der Waals surface area contributed by atoms with Gasteiger partial charge in [-0.15, -0.1) is 0 Å². The standard InChI is InChI=1S/C18H16ClN3O2S2/c19-15-5-6-16(23)14(9-15)10-21-22-17(24)13-3-1-12(2-4-13)11-26-18-20-7-8-25-18/h1-6,9-10,23H,7-8,11H2,(H,22,24)/b21-10+. The third kappa shape index (κ3) is 5.27. The second-order valence-electron chi connectivity index (χ2n) is 5.38. The SMILES string of the molecule is O=C(N/N=C/c1cc(Cl)ccc1O)c1ccc(CSC2=NCCS2)cc1. The van der Waals surface area contributed by atoms with Gasteiger partial charge >= 0.3 is 0 Å². The van der Waals surface area contributed by atoms with E-state index >= 15 is 0 Å². The molecule has 0 radical (unpaired) electrons. The molecule has 0 bridgehead atoms. The van der Waals surface area contributed by atoms with E-state index in [1.807, 2.05) is 12.1 Å². The lowest BCUT2D eigenvalue weighted by atomic mass is 10.1. The number of nitrogens with one attached hydrogen (secondary N) is 1. The lowest BCUT2D eigenvalue weighted by Crippen LogP contribution is -2.17. The highest BCUT2D eigenvalue weighted by Crippen LogP contribution is 2.25. The molecule has 5 nitrogen and oxygen atoms in total. The summed E-state index contributed by atoms with van der Waals surface area (Å²) in [5, 5.41) is 14.0. The molecule has 2 aromatic carbocycles. The number of nitrogens with zero attached hydrogens (tertiary/aromatic N) is 2. The van der Waals surface area contributed by atoms with E-state index in [1.54, 1.807) is 47.8 Å². The molecule has 0 unspecified atom stereocenters. The van der Waals surface area contributed by atoms with Crippen molar-refractivity contribution in [3.63, 3.8) is 0 Å². The van der Waals surface area contributed by atoms with Crippen LogP contribution in [0.15, 0.2) is 52.6 Å². The fourth-order valence-corrected chi connectivity index (χ4v) is 4.30. The topological polar surface area (TPSA) is 74.0 Å². The van der Waals surface area contributed by atoms with E-state index in [4.69, 9.17) is 11.6 Å². The lowest BCUT2D eigenvalue weighted by molar-refractivity contribution is 0.0955. The summed E-state index contributed by atoms with van der Waals surface area (Å²) in [6, 6.07) is 12.0. The van der Waals surface area contributed by atoms with Crippen molar-refractivity contribution in [1.29, 1.82) is 0 Å². The fraction of sp³-hybridized carbons (Fsp3) is 0.167. The number of phenols is 1. The largest absolute Gasteiger partial charge is 0.507 e. The zero-order valence-electron chi connectivity index (χ0n) is 13.7. The minimum Gasteiger partial charge on any atom is -0.507 e. The Morgan fingerprint density at radius 1 is 1.35 bits per heavy atom. The molecule has 0 fully saturated rings. The lowest BCUT2D eigenvalue weighted by Gasteiger charge is -2.04. The number of amides is 1. The summed E-state index contributed by atoms with van der Waals surface area (Å²) in [5.74, 6) is 1.62. The zero-order chi connectivity index (χ0) is 18.4. The number of thioether (sulfide) groups is 2. The molecule has 0 saturated heterocycles. The minimum atomic E-state index is -0.322. The summed E-state index contributed by atoms with van der Waals surface area (Å²) in [5.41, 5.74) is 4.51. The van der Waals surface area contributed by atoms with Crippen molar-refractivity contribution in [3.8, 4) is 5.75 Å². The van der Waals surface area contributed by atoms with Gasteiger partial charge in [-0.05, 0) is 35.9 Å². The molecule has 3 rings (SSSR count). The highest BCUT2D eigenvalue weighted by atomic mass is 35.5. The number of phenolic OH excluding ortho intramolecular Hbond substituents is 1. The molecule has 0 aromatic heterocycles. The zero-order valence-corrected chi connectivity index (χ0v) is 16.1. The summed E-state index contributed by atoms with van der Waals surface area (Å²) >= 11 is 9.37. The first-order valence-electron chi connectivity index (χ1n) is 7.83. The number of aliphatic imine (C=N–C) groups is 1. The Morgan fingerprint density at radius 2 is 2.15 bits per heavy atom. The van der Waals surface area contributed by atoms with Crippen molar-refractivity contribution in [1.82, 2.24) is 5.43 Å². The fourth-order valence-electron chi connectivity index (χ4n) is 2.15. The first-order valence-corrected chi connectivity index (χ1v) is 10.2. The second-order valence-corrected chi connectivity index (χ2v) is 8.13. The van der Waals surface area contributed by atoms with E-state index in [9.17, 15) is 9.90 Å². The Bertz CT molecular complexity index is 854. The maximum absolute atomic E-state index is 12.1. The number of hydrogen-bond donors (Lipinski definition) is 2. The van der Waals surface area contributed by atoms with E-state index < -0.39 is 0 Å². The van der Waals surface area contributed by atoms with Crippen LogP contribution in [0.1, 0.15) is 21.5 Å². The summed E-state index contributed by atoms with van der Waals surface area (Å²) < 4.78 is 1.13. The quantitative estimate of drug-likeness (QED) is 0.579. The van der Waals surface area contributed by atoms with Gasteiger partial charge in [0.2, 0.25) is 0 Å². The monoisotopic (exact) mass is 405 g/mol. The van der Waals surface area contributed by atoms with Crippen LogP contribution in [0.5, 0.6) is 5.75 Å². The van der Waals surface area contributed by atoms with Gasteiger partial charge in [0.25, 0.3) is 5.91 Å². The van der Waals surface area contributed by atoms with Crippen LogP contribution >= 0.6 is 35.1 Å². The molecule has 1 aliphatic heterocycles. The number of hydrazone groups is 1. The molecule has 2 aromatic rings. The van der Waals surface area contributed by atoms with Crippen LogP contribution in [-0.2, 0) is 5.75 Å². The Kier molecular flexibility index (Phi) is 6.60. The average Bonchev–Trinajstić information content (AvgIpc) is 3.17. The number of halogens is 1. The molecule has 0 spiro atoms. The Balaban J connectivity index is 1.54. The van der Waals surface area contributed by atoms with Gasteiger partial charge in [-0.1, -0.05) is 47.3 Å². The van der Waals surface area contributed by atoms with E-state index in [-0.39, 0.29) is 11.7 Å². The number of benzene rings is 2. The highest BCUT2D eigenvalue weighted by Gasteiger charge is 2.09. The van der Waals surface area contributed by atoms with Crippen molar-refractivity contribution in [2.75, 3.05) is 12.3 Å². The predicted molar refractivity (Wildman–Crippen MR) is 111 cm³/mol. The number of carbonyl (C=O) groups is 1. The van der Waals surface area contributed by atoms with Gasteiger partial charge in [0, 0.05) is 27.7 Å². The van der Waals surface area contributed by atoms with E-state index in [1.165, 1.54) is 12.3 Å². The van der Waals surface area contributed by atoms with Crippen LogP contribution < -0.4 is 5.43 Å². The van der Waals surface area contributed by atoms with Crippen molar-refractivity contribution in [2.45, 2.75) is 5.75 Å². The molecule has 134 valence electrons. The molecular weight excluding hydrogens is 390 g/mol. The molecule has 0 aliphatic carbocycles. The van der Waals surface area contributed by atoms with Crippen molar-refractivity contribution in [2.24, 2.45) is 10.1 Å². The molecule has 1 amide bonds. The molecule has 0 saturated carbocycles. The van der Waals surface area contributed by atoms with Crippen molar-refractivity contribution < 1.29 is 9.90 Å². The molecule has 8 heteroatoms. The summed E-state index contributed by atoms with van der Waals surface area (Å²) in [6.07, 6.45) is 1.35. The third-order valence-corrected chi connectivity index (χ3v) is 6.05. The van der Waals surface area contributed by atoms with Gasteiger partial charge in [0.1, 0.15) is 10.1 Å². The van der Waals surface area contributed by atoms with Gasteiger partial charge in [0.15, 0.2) is 0 Å². The van der Waals surface area contributed by atoms with Gasteiger partial charge in [-0.3, -0.25) is 9.79 Å². The summed E-state index contributed by atoms with van der Waals surface area (Å²) in [4.78, 5) is 16.5.